The molecular formula is C52H35N3O2. The van der Waals surface area contributed by atoms with Gasteiger partial charge in [0.1, 0.15) is 34.0 Å². The van der Waals surface area contributed by atoms with Crippen LogP contribution in [0.2, 0.25) is 0 Å². The van der Waals surface area contributed by atoms with E-state index in [0.29, 0.717) is 12.3 Å². The van der Waals surface area contributed by atoms with Crippen molar-refractivity contribution in [3.8, 4) is 27.9 Å². The molecule has 0 radical (unpaired) electrons. The molecule has 11 rings (SSSR count). The molecule has 0 unspecified atom stereocenters. The average molecular weight is 734 g/mol. The average Bonchev–Trinajstić information content (AvgIpc) is 3.93. The van der Waals surface area contributed by atoms with Gasteiger partial charge in [0.25, 0.3) is 0 Å². The smallest absolute Gasteiger partial charge is 0.143 e. The predicted molar refractivity (Wildman–Crippen MR) is 235 cm³/mol. The summed E-state index contributed by atoms with van der Waals surface area (Å²) in [6.45, 7) is 0. The lowest BCUT2D eigenvalue weighted by atomic mass is 9.94. The van der Waals surface area contributed by atoms with E-state index in [0.717, 1.165) is 99.8 Å². The summed E-state index contributed by atoms with van der Waals surface area (Å²) in [5.41, 5.74) is 19.8. The first-order valence-electron chi connectivity index (χ1n) is 19.2. The maximum atomic E-state index is 6.99. The van der Waals surface area contributed by atoms with Crippen LogP contribution in [0.3, 0.4) is 0 Å². The number of fused-ring (bicyclic) bond motifs is 7. The Morgan fingerprint density at radius 2 is 1.18 bits per heavy atom. The van der Waals surface area contributed by atoms with Gasteiger partial charge in [-0.25, -0.2) is 4.99 Å². The Balaban J connectivity index is 1.07. The number of amidine groups is 1. The van der Waals surface area contributed by atoms with E-state index in [4.69, 9.17) is 19.6 Å². The molecule has 8 aromatic carbocycles. The van der Waals surface area contributed by atoms with Crippen molar-refractivity contribution in [1.82, 2.24) is 4.57 Å². The summed E-state index contributed by atoms with van der Waals surface area (Å²) in [5, 5.41) is 5.38. The van der Waals surface area contributed by atoms with E-state index in [2.05, 4.69) is 162 Å². The monoisotopic (exact) mass is 733 g/mol. The lowest BCUT2D eigenvalue weighted by Crippen LogP contribution is -2.13. The maximum Gasteiger partial charge on any atom is 0.143 e. The highest BCUT2D eigenvalue weighted by Gasteiger charge is 2.21. The number of benzene rings is 8. The Bertz CT molecular complexity index is 3320. The summed E-state index contributed by atoms with van der Waals surface area (Å²) in [4.78, 5) is 5.18. The van der Waals surface area contributed by atoms with E-state index in [9.17, 15) is 0 Å². The summed E-state index contributed by atoms with van der Waals surface area (Å²) >= 11 is 0. The highest BCUT2D eigenvalue weighted by atomic mass is 16.3. The Hall–Kier alpha value is -7.63. The van der Waals surface area contributed by atoms with E-state index in [1.165, 1.54) is 5.39 Å². The molecule has 5 heteroatoms. The fourth-order valence-electron chi connectivity index (χ4n) is 8.45. The molecule has 2 N–H and O–H groups in total. The molecule has 0 atom stereocenters. The topological polar surface area (TPSA) is 69.6 Å². The second-order valence-corrected chi connectivity index (χ2v) is 14.5. The summed E-state index contributed by atoms with van der Waals surface area (Å²) in [6, 6.07) is 65.1. The van der Waals surface area contributed by atoms with E-state index in [1.54, 1.807) is 0 Å². The molecule has 3 heterocycles. The quantitative estimate of drug-likeness (QED) is 0.131. The Kier molecular flexibility index (Phi) is 7.64. The summed E-state index contributed by atoms with van der Waals surface area (Å²) in [6.07, 6.45) is 0.490. The lowest BCUT2D eigenvalue weighted by molar-refractivity contribution is 0.564. The number of aliphatic imine (C=N–C) groups is 1. The molecule has 0 spiro atoms. The molecule has 0 aliphatic rings. The van der Waals surface area contributed by atoms with Crippen molar-refractivity contribution >= 4 is 66.2 Å². The third-order valence-corrected chi connectivity index (χ3v) is 11.1. The van der Waals surface area contributed by atoms with Gasteiger partial charge in [-0.1, -0.05) is 133 Å². The maximum absolute atomic E-state index is 6.99. The first kappa shape index (κ1) is 32.8. The molecule has 0 saturated carbocycles. The van der Waals surface area contributed by atoms with Gasteiger partial charge in [-0.05, 0) is 76.9 Å². The number of furan rings is 2. The van der Waals surface area contributed by atoms with Crippen molar-refractivity contribution in [3.05, 3.63) is 205 Å². The minimum absolute atomic E-state index is 0.418. The molecule has 11 aromatic rings. The van der Waals surface area contributed by atoms with Crippen molar-refractivity contribution in [3.63, 3.8) is 0 Å². The Labute approximate surface area is 328 Å². The van der Waals surface area contributed by atoms with Crippen LogP contribution in [-0.2, 0) is 6.42 Å². The molecule has 0 saturated heterocycles. The molecule has 5 nitrogen and oxygen atoms in total. The normalized spacial score (nSPS) is 12.1. The standard InChI is InChI=1S/C52H35N3O2/c53-52(36-27-28-40-39-22-10-12-24-44(39)55(45(40)31-36)38-20-8-3-9-21-38)54-50-41-23-11-13-25-46(41)56-48(50)32-35-19-14-26-47-49(35)43-30-37(33-15-4-1-5-16-33)29-42(51(43)57-47)34-17-6-2-7-18-34/h1-31H,32H2,(H2,53,54). The first-order chi connectivity index (χ1) is 28.2. The summed E-state index contributed by atoms with van der Waals surface area (Å²) < 4.78 is 15.7. The SMILES string of the molecule is NC(=Nc1c(Cc2cccc3oc4c(-c5ccccc5)cc(-c5ccccc5)cc4c23)oc2ccccc12)c1ccc2c3ccccc3n(-c3ccccc3)c2c1. The molecule has 0 amide bonds. The third kappa shape index (κ3) is 5.51. The van der Waals surface area contributed by atoms with Crippen LogP contribution in [0.1, 0.15) is 16.9 Å². The molecule has 3 aromatic heterocycles. The van der Waals surface area contributed by atoms with Gasteiger partial charge in [-0.3, -0.25) is 0 Å². The van der Waals surface area contributed by atoms with Crippen LogP contribution in [0, 0.1) is 0 Å². The first-order valence-corrected chi connectivity index (χ1v) is 19.2. The van der Waals surface area contributed by atoms with Gasteiger partial charge in [-0.2, -0.15) is 0 Å². The molecule has 0 aliphatic carbocycles. The van der Waals surface area contributed by atoms with Gasteiger partial charge in [0.15, 0.2) is 0 Å². The van der Waals surface area contributed by atoms with E-state index >= 15 is 0 Å². The van der Waals surface area contributed by atoms with Crippen molar-refractivity contribution < 1.29 is 8.83 Å². The summed E-state index contributed by atoms with van der Waals surface area (Å²) in [5.74, 6) is 1.16. The van der Waals surface area contributed by atoms with Crippen LogP contribution in [0.15, 0.2) is 202 Å². The van der Waals surface area contributed by atoms with Crippen LogP contribution in [-0.4, -0.2) is 10.4 Å². The molecule has 0 aliphatic heterocycles. The number of aromatic nitrogens is 1. The van der Waals surface area contributed by atoms with Gasteiger partial charge in [-0.15, -0.1) is 0 Å². The second-order valence-electron chi connectivity index (χ2n) is 14.5. The number of rotatable bonds is 7. The van der Waals surface area contributed by atoms with E-state index in [-0.39, 0.29) is 0 Å². The number of nitrogens with zero attached hydrogens (tertiary/aromatic N) is 2. The predicted octanol–water partition coefficient (Wildman–Crippen LogP) is 13.4. The fourth-order valence-corrected chi connectivity index (χ4v) is 8.45. The van der Waals surface area contributed by atoms with Crippen LogP contribution in [0.25, 0.3) is 82.7 Å². The molecule has 270 valence electrons. The highest BCUT2D eigenvalue weighted by molar-refractivity contribution is 6.14. The van der Waals surface area contributed by atoms with Crippen LogP contribution < -0.4 is 5.73 Å². The van der Waals surface area contributed by atoms with Crippen LogP contribution >= 0.6 is 0 Å². The second kappa shape index (κ2) is 13.3. The van der Waals surface area contributed by atoms with Crippen molar-refractivity contribution in [2.45, 2.75) is 6.42 Å². The van der Waals surface area contributed by atoms with Crippen molar-refractivity contribution in [2.75, 3.05) is 0 Å². The van der Waals surface area contributed by atoms with Crippen LogP contribution in [0.5, 0.6) is 0 Å². The van der Waals surface area contributed by atoms with Crippen molar-refractivity contribution in [1.29, 1.82) is 0 Å². The number of para-hydroxylation sites is 3. The van der Waals surface area contributed by atoms with Gasteiger partial charge in [0.2, 0.25) is 0 Å². The molecule has 0 fully saturated rings. The van der Waals surface area contributed by atoms with E-state index < -0.39 is 0 Å². The largest absolute Gasteiger partial charge is 0.458 e. The number of hydrogen-bond donors (Lipinski definition) is 1. The minimum Gasteiger partial charge on any atom is -0.458 e. The van der Waals surface area contributed by atoms with Crippen LogP contribution in [0.4, 0.5) is 5.69 Å². The zero-order chi connectivity index (χ0) is 37.9. The van der Waals surface area contributed by atoms with Gasteiger partial charge in [0, 0.05) is 50.2 Å². The Morgan fingerprint density at radius 1 is 0.509 bits per heavy atom. The van der Waals surface area contributed by atoms with Gasteiger partial charge in [0.05, 0.1) is 11.0 Å². The highest BCUT2D eigenvalue weighted by Crippen LogP contribution is 2.43. The van der Waals surface area contributed by atoms with Crippen molar-refractivity contribution in [2.24, 2.45) is 10.7 Å². The third-order valence-electron chi connectivity index (χ3n) is 11.1. The molecule has 0 bridgehead atoms. The lowest BCUT2D eigenvalue weighted by Gasteiger charge is -2.09. The van der Waals surface area contributed by atoms with Gasteiger partial charge >= 0.3 is 0 Å². The Morgan fingerprint density at radius 3 is 1.98 bits per heavy atom. The number of hydrogen-bond acceptors (Lipinski definition) is 3. The number of nitrogens with two attached hydrogens (primary N) is 1. The fraction of sp³-hybridized carbons (Fsp3) is 0.0192. The molecule has 57 heavy (non-hydrogen) atoms. The summed E-state index contributed by atoms with van der Waals surface area (Å²) in [7, 11) is 0. The van der Waals surface area contributed by atoms with E-state index in [1.807, 2.05) is 30.3 Å². The molecular weight excluding hydrogens is 699 g/mol. The zero-order valence-corrected chi connectivity index (χ0v) is 30.9. The van der Waals surface area contributed by atoms with Gasteiger partial charge < -0.3 is 19.1 Å². The zero-order valence-electron chi connectivity index (χ0n) is 30.9. The minimum atomic E-state index is 0.418.